The van der Waals surface area contributed by atoms with E-state index in [1.807, 2.05) is 13.8 Å². The van der Waals surface area contributed by atoms with Gasteiger partial charge < -0.3 is 4.90 Å². The van der Waals surface area contributed by atoms with Gasteiger partial charge in [0, 0.05) is 6.54 Å². The van der Waals surface area contributed by atoms with Gasteiger partial charge in [-0.2, -0.15) is 5.26 Å². The molecule has 0 aromatic rings. The topological polar surface area (TPSA) is 27.0 Å². The Balaban J connectivity index is 2.48. The minimum atomic E-state index is -0.203. The van der Waals surface area contributed by atoms with Crippen molar-refractivity contribution in [1.82, 2.24) is 4.90 Å². The Morgan fingerprint density at radius 2 is 1.81 bits per heavy atom. The second-order valence-corrected chi connectivity index (χ2v) is 6.58. The molecule has 0 bridgehead atoms. The Labute approximate surface area is 101 Å². The molecule has 0 atom stereocenters. The maximum atomic E-state index is 9.04. The van der Waals surface area contributed by atoms with Crippen LogP contribution in [0.3, 0.4) is 0 Å². The van der Waals surface area contributed by atoms with Crippen molar-refractivity contribution in [2.24, 2.45) is 16.7 Å². The lowest BCUT2D eigenvalue weighted by Gasteiger charge is -2.43. The number of rotatable bonds is 3. The van der Waals surface area contributed by atoms with E-state index < -0.39 is 0 Å². The summed E-state index contributed by atoms with van der Waals surface area (Å²) in [5.74, 6) is 0.763. The molecule has 0 amide bonds. The lowest BCUT2D eigenvalue weighted by atomic mass is 9.71. The Morgan fingerprint density at radius 1 is 1.31 bits per heavy atom. The van der Waals surface area contributed by atoms with E-state index in [2.05, 4.69) is 31.7 Å². The van der Waals surface area contributed by atoms with Gasteiger partial charge in [-0.1, -0.05) is 20.8 Å². The van der Waals surface area contributed by atoms with Gasteiger partial charge in [0.05, 0.1) is 11.5 Å². The number of nitrogens with zero attached hydrogens (tertiary/aromatic N) is 2. The van der Waals surface area contributed by atoms with Gasteiger partial charge in [0.15, 0.2) is 0 Å². The van der Waals surface area contributed by atoms with Crippen LogP contribution >= 0.6 is 0 Å². The van der Waals surface area contributed by atoms with Gasteiger partial charge in [-0.3, -0.25) is 0 Å². The van der Waals surface area contributed by atoms with Crippen LogP contribution in [0.15, 0.2) is 0 Å². The molecule has 1 saturated heterocycles. The molecule has 0 aromatic heterocycles. The molecule has 0 aliphatic carbocycles. The SMILES string of the molecule is CC(C)C1(C)CCN(CC(C)(C)C#N)CC1. The van der Waals surface area contributed by atoms with Crippen molar-refractivity contribution in [3.05, 3.63) is 0 Å². The maximum absolute atomic E-state index is 9.04. The third-order valence-electron chi connectivity index (χ3n) is 4.31. The Morgan fingerprint density at radius 3 is 2.19 bits per heavy atom. The molecular formula is C14H26N2. The number of piperidine rings is 1. The molecule has 0 spiro atoms. The van der Waals surface area contributed by atoms with Crippen LogP contribution < -0.4 is 0 Å². The zero-order valence-electron chi connectivity index (χ0n) is 11.5. The summed E-state index contributed by atoms with van der Waals surface area (Å²) in [6, 6.07) is 2.39. The summed E-state index contributed by atoms with van der Waals surface area (Å²) in [6.07, 6.45) is 2.54. The molecule has 0 unspecified atom stereocenters. The fraction of sp³-hybridized carbons (Fsp3) is 0.929. The third kappa shape index (κ3) is 3.22. The van der Waals surface area contributed by atoms with Crippen LogP contribution in [0.25, 0.3) is 0 Å². The summed E-state index contributed by atoms with van der Waals surface area (Å²) in [7, 11) is 0. The second-order valence-electron chi connectivity index (χ2n) is 6.58. The number of hydrogen-bond donors (Lipinski definition) is 0. The van der Waals surface area contributed by atoms with E-state index in [9.17, 15) is 0 Å². The molecule has 0 aromatic carbocycles. The highest BCUT2D eigenvalue weighted by atomic mass is 15.1. The molecule has 1 rings (SSSR count). The first-order chi connectivity index (χ1) is 7.29. The van der Waals surface area contributed by atoms with E-state index in [0.717, 1.165) is 25.6 Å². The largest absolute Gasteiger partial charge is 0.302 e. The smallest absolute Gasteiger partial charge is 0.0697 e. The van der Waals surface area contributed by atoms with Crippen LogP contribution in [0, 0.1) is 28.1 Å². The Bertz CT molecular complexity index is 265. The van der Waals surface area contributed by atoms with E-state index in [1.165, 1.54) is 12.8 Å². The van der Waals surface area contributed by atoms with Gasteiger partial charge in [-0.15, -0.1) is 0 Å². The van der Waals surface area contributed by atoms with Crippen molar-refractivity contribution in [2.75, 3.05) is 19.6 Å². The lowest BCUT2D eigenvalue weighted by Crippen LogP contribution is -2.44. The standard InChI is InChI=1S/C14H26N2/c1-12(2)14(5)6-8-16(9-7-14)11-13(3,4)10-15/h12H,6-9,11H2,1-5H3. The number of hydrogen-bond acceptors (Lipinski definition) is 2. The van der Waals surface area contributed by atoms with Crippen molar-refractivity contribution in [3.8, 4) is 6.07 Å². The quantitative estimate of drug-likeness (QED) is 0.732. The van der Waals surface area contributed by atoms with E-state index in [0.29, 0.717) is 5.41 Å². The van der Waals surface area contributed by atoms with Crippen molar-refractivity contribution < 1.29 is 0 Å². The molecule has 0 saturated carbocycles. The Kier molecular flexibility index (Phi) is 4.02. The highest BCUT2D eigenvalue weighted by molar-refractivity contribution is 4.95. The second kappa shape index (κ2) is 4.75. The predicted octanol–water partition coefficient (Wildman–Crippen LogP) is 3.29. The average Bonchev–Trinajstić information content (AvgIpc) is 2.21. The van der Waals surface area contributed by atoms with Gasteiger partial charge in [-0.05, 0) is 51.1 Å². The van der Waals surface area contributed by atoms with E-state index in [1.54, 1.807) is 0 Å². The first-order valence-electron chi connectivity index (χ1n) is 6.43. The third-order valence-corrected chi connectivity index (χ3v) is 4.31. The molecule has 1 aliphatic rings. The number of likely N-dealkylation sites (tertiary alicyclic amines) is 1. The normalized spacial score (nSPS) is 22.1. The van der Waals surface area contributed by atoms with Crippen LogP contribution in [0.4, 0.5) is 0 Å². The van der Waals surface area contributed by atoms with Crippen molar-refractivity contribution in [3.63, 3.8) is 0 Å². The number of nitriles is 1. The summed E-state index contributed by atoms with van der Waals surface area (Å²) in [4.78, 5) is 2.45. The van der Waals surface area contributed by atoms with Crippen LogP contribution in [0.5, 0.6) is 0 Å². The fourth-order valence-corrected chi connectivity index (χ4v) is 2.39. The average molecular weight is 222 g/mol. The summed E-state index contributed by atoms with van der Waals surface area (Å²) >= 11 is 0. The van der Waals surface area contributed by atoms with Crippen LogP contribution in [-0.4, -0.2) is 24.5 Å². The van der Waals surface area contributed by atoms with Gasteiger partial charge in [0.2, 0.25) is 0 Å². The minimum absolute atomic E-state index is 0.203. The summed E-state index contributed by atoms with van der Waals surface area (Å²) in [5.41, 5.74) is 0.304. The molecule has 1 aliphatic heterocycles. The van der Waals surface area contributed by atoms with Crippen LogP contribution in [-0.2, 0) is 0 Å². The fourth-order valence-electron chi connectivity index (χ4n) is 2.39. The molecule has 1 fully saturated rings. The molecular weight excluding hydrogens is 196 g/mol. The van der Waals surface area contributed by atoms with Crippen molar-refractivity contribution >= 4 is 0 Å². The first-order valence-corrected chi connectivity index (χ1v) is 6.43. The lowest BCUT2D eigenvalue weighted by molar-refractivity contribution is 0.0649. The highest BCUT2D eigenvalue weighted by Gasteiger charge is 2.34. The molecule has 16 heavy (non-hydrogen) atoms. The zero-order chi connectivity index (χ0) is 12.4. The van der Waals surface area contributed by atoms with Gasteiger partial charge in [-0.25, -0.2) is 0 Å². The van der Waals surface area contributed by atoms with Crippen molar-refractivity contribution in [2.45, 2.75) is 47.5 Å². The van der Waals surface area contributed by atoms with E-state index in [-0.39, 0.29) is 5.41 Å². The summed E-state index contributed by atoms with van der Waals surface area (Å²) in [6.45, 7) is 14.3. The van der Waals surface area contributed by atoms with Gasteiger partial charge >= 0.3 is 0 Å². The maximum Gasteiger partial charge on any atom is 0.0697 e. The van der Waals surface area contributed by atoms with Crippen LogP contribution in [0.2, 0.25) is 0 Å². The molecule has 2 heteroatoms. The Hall–Kier alpha value is -0.550. The highest BCUT2D eigenvalue weighted by Crippen LogP contribution is 2.38. The molecule has 2 nitrogen and oxygen atoms in total. The zero-order valence-corrected chi connectivity index (χ0v) is 11.5. The minimum Gasteiger partial charge on any atom is -0.302 e. The van der Waals surface area contributed by atoms with E-state index >= 15 is 0 Å². The predicted molar refractivity (Wildman–Crippen MR) is 68.0 cm³/mol. The van der Waals surface area contributed by atoms with Gasteiger partial charge in [0.1, 0.15) is 0 Å². The summed E-state index contributed by atoms with van der Waals surface area (Å²) < 4.78 is 0. The first kappa shape index (κ1) is 13.5. The molecule has 92 valence electrons. The molecule has 0 N–H and O–H groups in total. The summed E-state index contributed by atoms with van der Waals surface area (Å²) in [5, 5.41) is 9.04. The van der Waals surface area contributed by atoms with Gasteiger partial charge in [0.25, 0.3) is 0 Å². The van der Waals surface area contributed by atoms with Crippen LogP contribution in [0.1, 0.15) is 47.5 Å². The molecule has 0 radical (unpaired) electrons. The van der Waals surface area contributed by atoms with E-state index in [4.69, 9.17) is 5.26 Å². The van der Waals surface area contributed by atoms with Crippen molar-refractivity contribution in [1.29, 1.82) is 5.26 Å². The monoisotopic (exact) mass is 222 g/mol. The molecule has 1 heterocycles.